The lowest BCUT2D eigenvalue weighted by Gasteiger charge is -2.27. The Hall–Kier alpha value is 0. The van der Waals surface area contributed by atoms with Crippen molar-refractivity contribution < 1.29 is 0 Å². The van der Waals surface area contributed by atoms with E-state index in [0.717, 1.165) is 29.6 Å². The maximum Gasteiger partial charge on any atom is -0.0391 e. The van der Waals surface area contributed by atoms with Crippen LogP contribution in [0.1, 0.15) is 74.1 Å². The molecule has 0 heteroatoms. The third-order valence-electron chi connectivity index (χ3n) is 4.19. The third kappa shape index (κ3) is 7.30. The first kappa shape index (κ1) is 16.0. The Balaban J connectivity index is 3.86. The molecule has 98 valence electrons. The fourth-order valence-corrected chi connectivity index (χ4v) is 2.28. The Kier molecular flexibility index (Phi) is 8.14. The minimum Gasteiger partial charge on any atom is -0.0628 e. The second kappa shape index (κ2) is 8.14. The van der Waals surface area contributed by atoms with Crippen LogP contribution in [0.25, 0.3) is 0 Å². The molecule has 0 aromatic rings. The molecule has 0 amide bonds. The second-order valence-electron chi connectivity index (χ2n) is 6.76. The molecule has 0 aliphatic carbocycles. The van der Waals surface area contributed by atoms with Crippen molar-refractivity contribution in [3.8, 4) is 0 Å². The summed E-state index contributed by atoms with van der Waals surface area (Å²) in [6.07, 6.45) is 5.60. The lowest BCUT2D eigenvalue weighted by atomic mass is 9.79. The van der Waals surface area contributed by atoms with Crippen LogP contribution in [0, 0.1) is 29.6 Å². The van der Waals surface area contributed by atoms with Gasteiger partial charge in [0.1, 0.15) is 0 Å². The van der Waals surface area contributed by atoms with Gasteiger partial charge in [-0.05, 0) is 29.6 Å². The van der Waals surface area contributed by atoms with Gasteiger partial charge in [-0.15, -0.1) is 0 Å². The van der Waals surface area contributed by atoms with E-state index in [0.29, 0.717) is 0 Å². The van der Waals surface area contributed by atoms with Gasteiger partial charge in [0.25, 0.3) is 0 Å². The van der Waals surface area contributed by atoms with E-state index in [-0.39, 0.29) is 0 Å². The zero-order chi connectivity index (χ0) is 12.7. The third-order valence-corrected chi connectivity index (χ3v) is 4.19. The fraction of sp³-hybridized carbons (Fsp3) is 1.00. The van der Waals surface area contributed by atoms with E-state index >= 15 is 0 Å². The smallest absolute Gasteiger partial charge is 0.0391 e. The van der Waals surface area contributed by atoms with Crippen LogP contribution in [0.15, 0.2) is 0 Å². The highest BCUT2D eigenvalue weighted by Gasteiger charge is 2.19. The van der Waals surface area contributed by atoms with E-state index in [1.807, 2.05) is 0 Å². The molecule has 0 aromatic carbocycles. The van der Waals surface area contributed by atoms with Crippen molar-refractivity contribution in [1.82, 2.24) is 0 Å². The molecular formula is C16H34. The van der Waals surface area contributed by atoms with Crippen LogP contribution in [0.3, 0.4) is 0 Å². The van der Waals surface area contributed by atoms with Crippen molar-refractivity contribution >= 4 is 0 Å². The first-order chi connectivity index (χ1) is 7.34. The largest absolute Gasteiger partial charge is 0.0628 e. The summed E-state index contributed by atoms with van der Waals surface area (Å²) < 4.78 is 0. The Morgan fingerprint density at radius 3 is 1.06 bits per heavy atom. The molecule has 16 heavy (non-hydrogen) atoms. The van der Waals surface area contributed by atoms with Gasteiger partial charge in [0.05, 0.1) is 0 Å². The maximum absolute atomic E-state index is 2.45. The molecule has 2 unspecified atom stereocenters. The average molecular weight is 226 g/mol. The van der Waals surface area contributed by atoms with Crippen LogP contribution in [-0.2, 0) is 0 Å². The monoisotopic (exact) mass is 226 g/mol. The molecular weight excluding hydrogens is 192 g/mol. The summed E-state index contributed by atoms with van der Waals surface area (Å²) in [6, 6.07) is 0. The Bertz CT molecular complexity index is 139. The molecule has 0 fully saturated rings. The van der Waals surface area contributed by atoms with Gasteiger partial charge >= 0.3 is 0 Å². The highest BCUT2D eigenvalue weighted by Crippen LogP contribution is 2.29. The van der Waals surface area contributed by atoms with Crippen molar-refractivity contribution in [3.05, 3.63) is 0 Å². The molecule has 0 bridgehead atoms. The molecule has 0 aliphatic rings. The number of hydrogen-bond donors (Lipinski definition) is 0. The van der Waals surface area contributed by atoms with E-state index in [2.05, 4.69) is 48.5 Å². The summed E-state index contributed by atoms with van der Waals surface area (Å²) in [5.74, 6) is 4.40. The molecule has 0 heterocycles. The van der Waals surface area contributed by atoms with Gasteiger partial charge in [0, 0.05) is 0 Å². The molecule has 0 saturated carbocycles. The molecule has 0 aromatic heterocycles. The van der Waals surface area contributed by atoms with Crippen LogP contribution >= 0.6 is 0 Å². The summed E-state index contributed by atoms with van der Waals surface area (Å²) in [6.45, 7) is 16.7. The van der Waals surface area contributed by atoms with Crippen molar-refractivity contribution in [2.75, 3.05) is 0 Å². The van der Waals surface area contributed by atoms with E-state index in [1.165, 1.54) is 25.7 Å². The fourth-order valence-electron chi connectivity index (χ4n) is 2.28. The van der Waals surface area contributed by atoms with E-state index in [4.69, 9.17) is 0 Å². The number of hydrogen-bond acceptors (Lipinski definition) is 0. The zero-order valence-corrected chi connectivity index (χ0v) is 12.7. The zero-order valence-electron chi connectivity index (χ0n) is 12.7. The quantitative estimate of drug-likeness (QED) is 0.493. The van der Waals surface area contributed by atoms with Gasteiger partial charge in [0.15, 0.2) is 0 Å². The minimum atomic E-state index is 0.862. The molecule has 0 rings (SSSR count). The predicted octanol–water partition coefficient (Wildman–Crippen LogP) is 5.77. The van der Waals surface area contributed by atoms with Gasteiger partial charge in [-0.2, -0.15) is 0 Å². The van der Waals surface area contributed by atoms with Crippen LogP contribution in [0.2, 0.25) is 0 Å². The summed E-state index contributed by atoms with van der Waals surface area (Å²) in [4.78, 5) is 0. The average Bonchev–Trinajstić information content (AvgIpc) is 2.21. The lowest BCUT2D eigenvalue weighted by Crippen LogP contribution is -2.17. The van der Waals surface area contributed by atoms with E-state index in [1.54, 1.807) is 0 Å². The molecule has 2 atom stereocenters. The molecule has 0 spiro atoms. The van der Waals surface area contributed by atoms with Crippen LogP contribution in [0.5, 0.6) is 0 Å². The molecule has 0 radical (unpaired) electrons. The van der Waals surface area contributed by atoms with Crippen LogP contribution < -0.4 is 0 Å². The molecule has 0 saturated heterocycles. The van der Waals surface area contributed by atoms with Gasteiger partial charge in [-0.25, -0.2) is 0 Å². The van der Waals surface area contributed by atoms with Gasteiger partial charge in [0.2, 0.25) is 0 Å². The van der Waals surface area contributed by atoms with E-state index < -0.39 is 0 Å². The van der Waals surface area contributed by atoms with Crippen molar-refractivity contribution in [2.24, 2.45) is 29.6 Å². The van der Waals surface area contributed by atoms with E-state index in [9.17, 15) is 0 Å². The number of rotatable bonds is 8. The van der Waals surface area contributed by atoms with Crippen LogP contribution in [0.4, 0.5) is 0 Å². The highest BCUT2D eigenvalue weighted by atomic mass is 14.2. The first-order valence-electron chi connectivity index (χ1n) is 7.34. The van der Waals surface area contributed by atoms with Crippen molar-refractivity contribution in [3.63, 3.8) is 0 Å². The topological polar surface area (TPSA) is 0 Å². The summed E-state index contributed by atoms with van der Waals surface area (Å²) >= 11 is 0. The molecule has 0 aliphatic heterocycles. The Morgan fingerprint density at radius 2 is 0.812 bits per heavy atom. The standard InChI is InChI=1S/C16H34/c1-12(2)8-10-14(5)16(7)15(6)11-9-13(3)4/h12-16H,8-11H2,1-7H3. The summed E-state index contributed by atoms with van der Waals surface area (Å²) in [5, 5.41) is 0. The van der Waals surface area contributed by atoms with Gasteiger partial charge in [-0.3, -0.25) is 0 Å². The van der Waals surface area contributed by atoms with Gasteiger partial charge in [-0.1, -0.05) is 74.1 Å². The molecule has 0 N–H and O–H groups in total. The SMILES string of the molecule is CC(C)CCC(C)C(C)C(C)CCC(C)C. The Morgan fingerprint density at radius 1 is 0.500 bits per heavy atom. The van der Waals surface area contributed by atoms with Crippen LogP contribution in [-0.4, -0.2) is 0 Å². The highest BCUT2D eigenvalue weighted by molar-refractivity contribution is 4.69. The Labute approximate surface area is 104 Å². The summed E-state index contributed by atoms with van der Waals surface area (Å²) in [5.41, 5.74) is 0. The summed E-state index contributed by atoms with van der Waals surface area (Å²) in [7, 11) is 0. The van der Waals surface area contributed by atoms with Crippen molar-refractivity contribution in [2.45, 2.75) is 74.1 Å². The normalized spacial score (nSPS) is 17.8. The second-order valence-corrected chi connectivity index (χ2v) is 6.76. The lowest BCUT2D eigenvalue weighted by molar-refractivity contribution is 0.235. The first-order valence-corrected chi connectivity index (χ1v) is 7.34. The predicted molar refractivity (Wildman–Crippen MR) is 75.6 cm³/mol. The maximum atomic E-state index is 2.45. The van der Waals surface area contributed by atoms with Gasteiger partial charge < -0.3 is 0 Å². The molecule has 0 nitrogen and oxygen atoms in total. The van der Waals surface area contributed by atoms with Crippen molar-refractivity contribution in [1.29, 1.82) is 0 Å². The minimum absolute atomic E-state index is 0.862.